The first kappa shape index (κ1) is 11.0. The van der Waals surface area contributed by atoms with Gasteiger partial charge in [-0.15, -0.1) is 0 Å². The summed E-state index contributed by atoms with van der Waals surface area (Å²) >= 11 is 3.32. The molecule has 15 heavy (non-hydrogen) atoms. The van der Waals surface area contributed by atoms with Crippen molar-refractivity contribution in [1.29, 1.82) is 0 Å². The van der Waals surface area contributed by atoms with Crippen LogP contribution in [0.1, 0.15) is 18.5 Å². The van der Waals surface area contributed by atoms with Crippen molar-refractivity contribution in [2.75, 3.05) is 13.1 Å². The third-order valence-electron chi connectivity index (χ3n) is 2.71. The maximum absolute atomic E-state index is 14.2. The van der Waals surface area contributed by atoms with Gasteiger partial charge in [-0.1, -0.05) is 0 Å². The van der Waals surface area contributed by atoms with E-state index in [9.17, 15) is 4.39 Å². The van der Waals surface area contributed by atoms with E-state index in [1.54, 1.807) is 6.20 Å². The lowest BCUT2D eigenvalue weighted by Crippen LogP contribution is -2.43. The summed E-state index contributed by atoms with van der Waals surface area (Å²) in [5, 5.41) is 3.09. The van der Waals surface area contributed by atoms with Crippen LogP contribution < -0.4 is 5.32 Å². The molecule has 1 unspecified atom stereocenters. The van der Waals surface area contributed by atoms with E-state index in [1.807, 2.05) is 12.1 Å². The number of hydrogen-bond acceptors (Lipinski definition) is 2. The Balaban J connectivity index is 2.03. The zero-order valence-corrected chi connectivity index (χ0v) is 10.1. The van der Waals surface area contributed by atoms with Gasteiger partial charge < -0.3 is 5.32 Å². The summed E-state index contributed by atoms with van der Waals surface area (Å²) < 4.78 is 15.2. The Morgan fingerprint density at radius 1 is 1.53 bits per heavy atom. The molecule has 0 bridgehead atoms. The Kier molecular flexibility index (Phi) is 3.36. The third-order valence-corrected chi connectivity index (χ3v) is 3.18. The predicted octanol–water partition coefficient (Wildman–Crippen LogP) is 2.48. The van der Waals surface area contributed by atoms with Crippen molar-refractivity contribution in [1.82, 2.24) is 10.3 Å². The number of hydrogen-bond donors (Lipinski definition) is 1. The minimum absolute atomic E-state index is 0.410. The van der Waals surface area contributed by atoms with Gasteiger partial charge in [0.15, 0.2) is 0 Å². The van der Waals surface area contributed by atoms with E-state index in [4.69, 9.17) is 0 Å². The number of pyridine rings is 1. The number of nitrogens with zero attached hydrogens (tertiary/aromatic N) is 1. The quantitative estimate of drug-likeness (QED) is 0.895. The summed E-state index contributed by atoms with van der Waals surface area (Å²) in [5.74, 6) is 0. The molecule has 0 amide bonds. The molecule has 0 spiro atoms. The molecule has 0 radical (unpaired) electrons. The Morgan fingerprint density at radius 2 is 2.40 bits per heavy atom. The Hall–Kier alpha value is -0.480. The van der Waals surface area contributed by atoms with Gasteiger partial charge in [-0.25, -0.2) is 4.39 Å². The van der Waals surface area contributed by atoms with Gasteiger partial charge in [-0.2, -0.15) is 0 Å². The van der Waals surface area contributed by atoms with Gasteiger partial charge in [0.2, 0.25) is 0 Å². The van der Waals surface area contributed by atoms with E-state index in [1.165, 1.54) is 0 Å². The first-order valence-corrected chi connectivity index (χ1v) is 5.97. The maximum atomic E-state index is 14.2. The van der Waals surface area contributed by atoms with Crippen molar-refractivity contribution in [2.45, 2.75) is 24.9 Å². The summed E-state index contributed by atoms with van der Waals surface area (Å²) in [6.07, 6.45) is 3.67. The normalized spacial score (nSPS) is 26.5. The van der Waals surface area contributed by atoms with Crippen LogP contribution in [0, 0.1) is 0 Å². The summed E-state index contributed by atoms with van der Waals surface area (Å²) in [4.78, 5) is 4.20. The highest BCUT2D eigenvalue weighted by Crippen LogP contribution is 2.25. The largest absolute Gasteiger partial charge is 0.314 e. The van der Waals surface area contributed by atoms with Gasteiger partial charge in [0.25, 0.3) is 0 Å². The molecular formula is C11H14BrFN2. The number of halogens is 2. The van der Waals surface area contributed by atoms with E-state index in [0.717, 1.165) is 23.1 Å². The second kappa shape index (κ2) is 4.58. The van der Waals surface area contributed by atoms with Crippen LogP contribution in [-0.2, 0) is 6.42 Å². The van der Waals surface area contributed by atoms with Crippen LogP contribution in [0.25, 0.3) is 0 Å². The van der Waals surface area contributed by atoms with Crippen molar-refractivity contribution >= 4 is 15.9 Å². The monoisotopic (exact) mass is 272 g/mol. The summed E-state index contributed by atoms with van der Waals surface area (Å²) in [5.41, 5.74) is -0.289. The highest BCUT2D eigenvalue weighted by Gasteiger charge is 2.32. The molecule has 0 aromatic carbocycles. The van der Waals surface area contributed by atoms with Gasteiger partial charge in [0, 0.05) is 29.3 Å². The minimum atomic E-state index is -1.11. The molecule has 82 valence electrons. The molecule has 1 atom stereocenters. The zero-order chi connectivity index (χ0) is 10.7. The third kappa shape index (κ3) is 2.98. The Bertz CT molecular complexity index is 320. The summed E-state index contributed by atoms with van der Waals surface area (Å²) in [6, 6.07) is 3.78. The molecule has 1 fully saturated rings. The van der Waals surface area contributed by atoms with Crippen LogP contribution >= 0.6 is 15.9 Å². The number of alkyl halides is 1. The average molecular weight is 273 g/mol. The molecule has 1 aromatic heterocycles. The topological polar surface area (TPSA) is 24.9 Å². The molecule has 1 aliphatic rings. The Morgan fingerprint density at radius 3 is 3.00 bits per heavy atom. The van der Waals surface area contributed by atoms with Crippen LogP contribution in [0.15, 0.2) is 22.8 Å². The summed E-state index contributed by atoms with van der Waals surface area (Å²) in [7, 11) is 0. The molecule has 1 N–H and O–H groups in total. The van der Waals surface area contributed by atoms with Crippen molar-refractivity contribution in [2.24, 2.45) is 0 Å². The lowest BCUT2D eigenvalue weighted by molar-refractivity contribution is 0.121. The molecule has 1 saturated heterocycles. The molecule has 2 nitrogen and oxygen atoms in total. The average Bonchev–Trinajstić information content (AvgIpc) is 2.22. The van der Waals surface area contributed by atoms with E-state index >= 15 is 0 Å². The molecule has 0 saturated carbocycles. The number of piperidine rings is 1. The molecule has 1 aromatic rings. The maximum Gasteiger partial charge on any atom is 0.129 e. The fourth-order valence-electron chi connectivity index (χ4n) is 1.92. The smallest absolute Gasteiger partial charge is 0.129 e. The molecule has 2 heterocycles. The van der Waals surface area contributed by atoms with E-state index in [-0.39, 0.29) is 0 Å². The summed E-state index contributed by atoms with van der Waals surface area (Å²) in [6.45, 7) is 1.38. The lowest BCUT2D eigenvalue weighted by atomic mass is 9.91. The van der Waals surface area contributed by atoms with Crippen LogP contribution in [0.4, 0.5) is 4.39 Å². The van der Waals surface area contributed by atoms with Crippen molar-refractivity contribution in [3.05, 3.63) is 28.5 Å². The van der Waals surface area contributed by atoms with E-state index in [0.29, 0.717) is 19.4 Å². The van der Waals surface area contributed by atoms with Crippen molar-refractivity contribution < 1.29 is 4.39 Å². The first-order valence-electron chi connectivity index (χ1n) is 5.18. The standard InChI is InChI=1S/C11H14BrFN2/c12-9-2-3-10(15-7-9)6-11(13)4-1-5-14-8-11/h2-3,7,14H,1,4-6,8H2. The van der Waals surface area contributed by atoms with Crippen molar-refractivity contribution in [3.63, 3.8) is 0 Å². The van der Waals surface area contributed by atoms with Crippen LogP contribution in [0.3, 0.4) is 0 Å². The SMILES string of the molecule is FC1(Cc2ccc(Br)cn2)CCCNC1. The fourth-order valence-corrected chi connectivity index (χ4v) is 2.15. The molecule has 2 rings (SSSR count). The second-order valence-electron chi connectivity index (χ2n) is 4.08. The number of nitrogens with one attached hydrogen (secondary N) is 1. The zero-order valence-electron chi connectivity index (χ0n) is 8.47. The van der Waals surface area contributed by atoms with Crippen LogP contribution in [-0.4, -0.2) is 23.7 Å². The number of aromatic nitrogens is 1. The van der Waals surface area contributed by atoms with Crippen LogP contribution in [0.2, 0.25) is 0 Å². The highest BCUT2D eigenvalue weighted by molar-refractivity contribution is 9.10. The Labute approximate surface area is 97.4 Å². The van der Waals surface area contributed by atoms with Gasteiger partial charge in [0.05, 0.1) is 0 Å². The minimum Gasteiger partial charge on any atom is -0.314 e. The molecule has 1 aliphatic heterocycles. The van der Waals surface area contributed by atoms with Crippen molar-refractivity contribution in [3.8, 4) is 0 Å². The van der Waals surface area contributed by atoms with E-state index in [2.05, 4.69) is 26.2 Å². The van der Waals surface area contributed by atoms with Gasteiger partial charge in [0.1, 0.15) is 5.67 Å². The van der Waals surface area contributed by atoms with E-state index < -0.39 is 5.67 Å². The van der Waals surface area contributed by atoms with Gasteiger partial charge in [-0.3, -0.25) is 4.98 Å². The number of rotatable bonds is 2. The second-order valence-corrected chi connectivity index (χ2v) is 4.99. The molecule has 0 aliphatic carbocycles. The molecule has 4 heteroatoms. The first-order chi connectivity index (χ1) is 7.18. The fraction of sp³-hybridized carbons (Fsp3) is 0.545. The van der Waals surface area contributed by atoms with Gasteiger partial charge in [-0.05, 0) is 47.4 Å². The highest BCUT2D eigenvalue weighted by atomic mass is 79.9. The van der Waals surface area contributed by atoms with Gasteiger partial charge >= 0.3 is 0 Å². The molecular weight excluding hydrogens is 259 g/mol. The van der Waals surface area contributed by atoms with Crippen LogP contribution in [0.5, 0.6) is 0 Å². The predicted molar refractivity (Wildman–Crippen MR) is 61.6 cm³/mol. The lowest BCUT2D eigenvalue weighted by Gasteiger charge is -2.29.